The number of ether oxygens (including phenoxy) is 1. The van der Waals surface area contributed by atoms with Crippen LogP contribution in [0.4, 0.5) is 11.8 Å². The molecule has 4 rings (SSSR count). The second-order valence-electron chi connectivity index (χ2n) is 7.51. The van der Waals surface area contributed by atoms with Crippen molar-refractivity contribution in [3.63, 3.8) is 0 Å². The highest BCUT2D eigenvalue weighted by molar-refractivity contribution is 5.44. The van der Waals surface area contributed by atoms with Crippen LogP contribution in [0.5, 0.6) is 0 Å². The molecule has 2 aromatic rings. The van der Waals surface area contributed by atoms with E-state index in [9.17, 15) is 0 Å². The predicted octanol–water partition coefficient (Wildman–Crippen LogP) is 2.25. The smallest absolute Gasteiger partial charge is 0.227 e. The van der Waals surface area contributed by atoms with Crippen molar-refractivity contribution in [1.29, 1.82) is 0 Å². The fraction of sp³-hybridized carbons (Fsp3) is 0.524. The monoisotopic (exact) mass is 367 g/mol. The van der Waals surface area contributed by atoms with Crippen LogP contribution >= 0.6 is 0 Å². The molecule has 0 saturated carbocycles. The summed E-state index contributed by atoms with van der Waals surface area (Å²) < 4.78 is 5.43. The molecule has 0 amide bonds. The molecule has 3 heterocycles. The summed E-state index contributed by atoms with van der Waals surface area (Å²) in [5.74, 6) is 1.87. The highest BCUT2D eigenvalue weighted by Gasteiger charge is 2.20. The number of morpholine rings is 1. The number of anilines is 2. The Kier molecular flexibility index (Phi) is 5.55. The molecule has 144 valence electrons. The van der Waals surface area contributed by atoms with E-state index in [4.69, 9.17) is 9.72 Å². The summed E-state index contributed by atoms with van der Waals surface area (Å²) in [5, 5.41) is 0. The van der Waals surface area contributed by atoms with Crippen LogP contribution in [-0.4, -0.2) is 67.4 Å². The minimum atomic E-state index is 0.755. The average molecular weight is 367 g/mol. The van der Waals surface area contributed by atoms with Gasteiger partial charge in [-0.1, -0.05) is 23.8 Å². The normalized spacial score (nSPS) is 18.7. The largest absolute Gasteiger partial charge is 0.378 e. The molecule has 0 atom stereocenters. The Morgan fingerprint density at radius 2 is 1.70 bits per heavy atom. The van der Waals surface area contributed by atoms with E-state index < -0.39 is 0 Å². The highest BCUT2D eigenvalue weighted by Crippen LogP contribution is 2.19. The third-order valence-electron chi connectivity index (χ3n) is 5.51. The highest BCUT2D eigenvalue weighted by atomic mass is 16.5. The molecule has 6 heteroatoms. The van der Waals surface area contributed by atoms with Crippen LogP contribution in [0.2, 0.25) is 0 Å². The van der Waals surface area contributed by atoms with Crippen LogP contribution in [0.1, 0.15) is 16.7 Å². The quantitative estimate of drug-likeness (QED) is 0.826. The van der Waals surface area contributed by atoms with E-state index in [1.807, 2.05) is 12.3 Å². The van der Waals surface area contributed by atoms with Gasteiger partial charge in [-0.25, -0.2) is 4.98 Å². The lowest BCUT2D eigenvalue weighted by Crippen LogP contribution is -2.46. The zero-order valence-corrected chi connectivity index (χ0v) is 16.4. The van der Waals surface area contributed by atoms with Crippen molar-refractivity contribution in [2.45, 2.75) is 20.4 Å². The Bertz CT molecular complexity index is 767. The van der Waals surface area contributed by atoms with Gasteiger partial charge in [-0.15, -0.1) is 0 Å². The maximum atomic E-state index is 5.43. The summed E-state index contributed by atoms with van der Waals surface area (Å²) >= 11 is 0. The molecule has 0 bridgehead atoms. The zero-order valence-electron chi connectivity index (χ0n) is 16.4. The van der Waals surface area contributed by atoms with Gasteiger partial charge in [0.2, 0.25) is 5.95 Å². The van der Waals surface area contributed by atoms with E-state index in [0.29, 0.717) is 0 Å². The van der Waals surface area contributed by atoms with E-state index in [1.54, 1.807) is 0 Å². The number of aryl methyl sites for hydroxylation is 2. The first-order valence-corrected chi connectivity index (χ1v) is 9.88. The van der Waals surface area contributed by atoms with Crippen LogP contribution in [0, 0.1) is 13.8 Å². The number of hydrogen-bond donors (Lipinski definition) is 0. The molecule has 2 fully saturated rings. The van der Waals surface area contributed by atoms with Crippen LogP contribution in [0.15, 0.2) is 30.5 Å². The lowest BCUT2D eigenvalue weighted by Gasteiger charge is -2.36. The fourth-order valence-corrected chi connectivity index (χ4v) is 3.83. The van der Waals surface area contributed by atoms with Crippen LogP contribution < -0.4 is 9.80 Å². The molecular formula is C21H29N5O. The summed E-state index contributed by atoms with van der Waals surface area (Å²) in [6.07, 6.45) is 1.88. The van der Waals surface area contributed by atoms with Crippen LogP contribution in [0.3, 0.4) is 0 Å². The number of aromatic nitrogens is 2. The number of benzene rings is 1. The molecule has 27 heavy (non-hydrogen) atoms. The Hall–Kier alpha value is -2.18. The van der Waals surface area contributed by atoms with Gasteiger partial charge in [0.05, 0.1) is 13.2 Å². The summed E-state index contributed by atoms with van der Waals surface area (Å²) in [6.45, 7) is 12.8. The Morgan fingerprint density at radius 1 is 0.926 bits per heavy atom. The van der Waals surface area contributed by atoms with Gasteiger partial charge in [-0.3, -0.25) is 4.90 Å². The maximum absolute atomic E-state index is 5.43. The molecule has 1 aromatic carbocycles. The molecule has 0 radical (unpaired) electrons. The number of nitrogens with zero attached hydrogens (tertiary/aromatic N) is 5. The van der Waals surface area contributed by atoms with Gasteiger partial charge < -0.3 is 14.5 Å². The lowest BCUT2D eigenvalue weighted by atomic mass is 10.1. The van der Waals surface area contributed by atoms with Gasteiger partial charge in [0.15, 0.2) is 0 Å². The van der Waals surface area contributed by atoms with Crippen LogP contribution in [-0.2, 0) is 11.3 Å². The van der Waals surface area contributed by atoms with Crippen molar-refractivity contribution in [2.75, 3.05) is 62.3 Å². The van der Waals surface area contributed by atoms with Gasteiger partial charge in [0.25, 0.3) is 0 Å². The minimum absolute atomic E-state index is 0.755. The third-order valence-corrected chi connectivity index (χ3v) is 5.51. The molecule has 6 nitrogen and oxygen atoms in total. The van der Waals surface area contributed by atoms with E-state index in [1.165, 1.54) is 16.7 Å². The molecule has 0 spiro atoms. The average Bonchev–Trinajstić information content (AvgIpc) is 2.71. The third kappa shape index (κ3) is 4.39. The second-order valence-corrected chi connectivity index (χ2v) is 7.51. The Balaban J connectivity index is 1.36. The maximum Gasteiger partial charge on any atom is 0.227 e. The van der Waals surface area contributed by atoms with Gasteiger partial charge in [0.1, 0.15) is 5.82 Å². The van der Waals surface area contributed by atoms with Gasteiger partial charge in [-0.05, 0) is 31.0 Å². The van der Waals surface area contributed by atoms with E-state index >= 15 is 0 Å². The summed E-state index contributed by atoms with van der Waals surface area (Å²) in [4.78, 5) is 16.4. The molecule has 1 aromatic heterocycles. The first-order chi connectivity index (χ1) is 13.2. The first-order valence-electron chi connectivity index (χ1n) is 9.88. The Labute approximate surface area is 161 Å². The van der Waals surface area contributed by atoms with E-state index in [0.717, 1.165) is 70.8 Å². The van der Waals surface area contributed by atoms with Crippen molar-refractivity contribution < 1.29 is 4.74 Å². The molecule has 2 saturated heterocycles. The molecule has 2 aliphatic rings. The summed E-state index contributed by atoms with van der Waals surface area (Å²) in [6, 6.07) is 8.80. The van der Waals surface area contributed by atoms with Crippen molar-refractivity contribution in [1.82, 2.24) is 14.9 Å². The first kappa shape index (κ1) is 18.2. The van der Waals surface area contributed by atoms with Gasteiger partial charge >= 0.3 is 0 Å². The topological polar surface area (TPSA) is 44.7 Å². The number of rotatable bonds is 4. The molecule has 2 aliphatic heterocycles. The molecular weight excluding hydrogens is 338 g/mol. The van der Waals surface area contributed by atoms with Crippen LogP contribution in [0.25, 0.3) is 0 Å². The number of piperazine rings is 1. The van der Waals surface area contributed by atoms with Crippen molar-refractivity contribution >= 4 is 11.8 Å². The Morgan fingerprint density at radius 3 is 2.44 bits per heavy atom. The summed E-state index contributed by atoms with van der Waals surface area (Å²) in [7, 11) is 0. The van der Waals surface area contributed by atoms with E-state index in [2.05, 4.69) is 51.7 Å². The van der Waals surface area contributed by atoms with Crippen molar-refractivity contribution in [2.24, 2.45) is 0 Å². The molecule has 0 N–H and O–H groups in total. The van der Waals surface area contributed by atoms with Crippen molar-refractivity contribution in [3.05, 3.63) is 47.2 Å². The fourth-order valence-electron chi connectivity index (χ4n) is 3.83. The van der Waals surface area contributed by atoms with Gasteiger partial charge in [-0.2, -0.15) is 4.98 Å². The van der Waals surface area contributed by atoms with Crippen molar-refractivity contribution in [3.8, 4) is 0 Å². The lowest BCUT2D eigenvalue weighted by molar-refractivity contribution is 0.122. The zero-order chi connectivity index (χ0) is 18.6. The minimum Gasteiger partial charge on any atom is -0.378 e. The molecule has 0 aliphatic carbocycles. The van der Waals surface area contributed by atoms with E-state index in [-0.39, 0.29) is 0 Å². The standard InChI is InChI=1S/C21H29N5O/c1-17-3-4-19(18(2)15-17)16-24-7-9-25(10-8-24)20-5-6-22-21(23-20)26-11-13-27-14-12-26/h3-6,15H,7-14,16H2,1-2H3. The second kappa shape index (κ2) is 8.23. The summed E-state index contributed by atoms with van der Waals surface area (Å²) in [5.41, 5.74) is 4.16. The van der Waals surface area contributed by atoms with Gasteiger partial charge in [0, 0.05) is 52.0 Å². The molecule has 0 unspecified atom stereocenters. The SMILES string of the molecule is Cc1ccc(CN2CCN(c3ccnc(N4CCOCC4)n3)CC2)c(C)c1. The number of hydrogen-bond acceptors (Lipinski definition) is 6. The predicted molar refractivity (Wildman–Crippen MR) is 108 cm³/mol.